The highest BCUT2D eigenvalue weighted by Gasteiger charge is 2.18. The number of hydrogen-bond acceptors (Lipinski definition) is 5. The van der Waals surface area contributed by atoms with E-state index in [9.17, 15) is 9.90 Å². The van der Waals surface area contributed by atoms with Gasteiger partial charge in [-0.15, -0.1) is 11.3 Å². The first kappa shape index (κ1) is 13.7. The normalized spacial score (nSPS) is 10.7. The maximum atomic E-state index is 11.0. The standard InChI is InChI=1S/C14H8ClNO4S/c15-13-9-6-7(20-10-2-1-5-21-10)3-4-8(9)12(17)11(16-13)14(18)19/h1-6,17H,(H,18,19). The summed E-state index contributed by atoms with van der Waals surface area (Å²) in [6.45, 7) is 0. The van der Waals surface area contributed by atoms with E-state index in [-0.39, 0.29) is 5.15 Å². The number of thiophene rings is 1. The van der Waals surface area contributed by atoms with Gasteiger partial charge in [-0.1, -0.05) is 11.6 Å². The summed E-state index contributed by atoms with van der Waals surface area (Å²) in [4.78, 5) is 14.7. The Bertz CT molecular complexity index is 833. The van der Waals surface area contributed by atoms with Gasteiger partial charge in [-0.25, -0.2) is 9.78 Å². The van der Waals surface area contributed by atoms with Gasteiger partial charge in [0.1, 0.15) is 10.9 Å². The van der Waals surface area contributed by atoms with Gasteiger partial charge in [0.25, 0.3) is 0 Å². The first-order valence-corrected chi connectivity index (χ1v) is 7.09. The molecule has 5 nitrogen and oxygen atoms in total. The van der Waals surface area contributed by atoms with Gasteiger partial charge < -0.3 is 14.9 Å². The SMILES string of the molecule is O=C(O)c1nc(Cl)c2cc(Oc3cccs3)ccc2c1O. The number of nitrogens with zero attached hydrogens (tertiary/aromatic N) is 1. The van der Waals surface area contributed by atoms with E-state index in [1.54, 1.807) is 18.2 Å². The zero-order chi connectivity index (χ0) is 15.0. The van der Waals surface area contributed by atoms with Crippen LogP contribution in [0.2, 0.25) is 5.15 Å². The number of pyridine rings is 1. The number of aromatic hydroxyl groups is 1. The third-order valence-electron chi connectivity index (χ3n) is 2.82. The van der Waals surface area contributed by atoms with E-state index in [1.807, 2.05) is 17.5 Å². The first-order chi connectivity index (χ1) is 10.1. The van der Waals surface area contributed by atoms with Gasteiger partial charge >= 0.3 is 5.97 Å². The molecule has 0 spiro atoms. The average molecular weight is 322 g/mol. The highest BCUT2D eigenvalue weighted by atomic mass is 35.5. The molecule has 2 aromatic heterocycles. The second-order valence-electron chi connectivity index (χ2n) is 4.15. The Morgan fingerprint density at radius 1 is 1.29 bits per heavy atom. The van der Waals surface area contributed by atoms with Crippen molar-refractivity contribution < 1.29 is 19.7 Å². The third kappa shape index (κ3) is 2.51. The van der Waals surface area contributed by atoms with Crippen molar-refractivity contribution in [1.29, 1.82) is 0 Å². The van der Waals surface area contributed by atoms with Gasteiger partial charge in [-0.2, -0.15) is 0 Å². The molecule has 0 aliphatic heterocycles. The minimum atomic E-state index is -1.34. The summed E-state index contributed by atoms with van der Waals surface area (Å²) in [5.41, 5.74) is -0.473. The van der Waals surface area contributed by atoms with Gasteiger partial charge in [0.15, 0.2) is 16.5 Å². The number of rotatable bonds is 3. The fourth-order valence-corrected chi connectivity index (χ4v) is 2.72. The number of ether oxygens (including phenoxy) is 1. The zero-order valence-corrected chi connectivity index (χ0v) is 12.0. The molecule has 0 aliphatic carbocycles. The van der Waals surface area contributed by atoms with Crippen molar-refractivity contribution in [1.82, 2.24) is 4.98 Å². The summed E-state index contributed by atoms with van der Waals surface area (Å²) in [5.74, 6) is -1.23. The van der Waals surface area contributed by atoms with Crippen LogP contribution in [0.1, 0.15) is 10.5 Å². The highest BCUT2D eigenvalue weighted by molar-refractivity contribution is 7.11. The number of benzene rings is 1. The van der Waals surface area contributed by atoms with Crippen LogP contribution in [0.5, 0.6) is 16.6 Å². The molecule has 0 unspecified atom stereocenters. The topological polar surface area (TPSA) is 79.7 Å². The van der Waals surface area contributed by atoms with Crippen LogP contribution in [0.4, 0.5) is 0 Å². The molecule has 0 saturated heterocycles. The smallest absolute Gasteiger partial charge is 0.358 e. The van der Waals surface area contributed by atoms with E-state index >= 15 is 0 Å². The maximum Gasteiger partial charge on any atom is 0.358 e. The maximum absolute atomic E-state index is 11.0. The van der Waals surface area contributed by atoms with Crippen LogP contribution in [-0.4, -0.2) is 21.2 Å². The zero-order valence-electron chi connectivity index (χ0n) is 10.4. The summed E-state index contributed by atoms with van der Waals surface area (Å²) in [6, 6.07) is 8.47. The van der Waals surface area contributed by atoms with Crippen LogP contribution < -0.4 is 4.74 Å². The predicted octanol–water partition coefficient (Wildman–Crippen LogP) is 4.15. The molecule has 0 amide bonds. The molecule has 0 aliphatic rings. The highest BCUT2D eigenvalue weighted by Crippen LogP contribution is 2.36. The number of halogens is 1. The number of carboxylic acids is 1. The second kappa shape index (κ2) is 5.23. The lowest BCUT2D eigenvalue weighted by Gasteiger charge is -2.08. The molecule has 0 radical (unpaired) electrons. The summed E-state index contributed by atoms with van der Waals surface area (Å²) in [6.07, 6.45) is 0. The summed E-state index contributed by atoms with van der Waals surface area (Å²) in [5, 5.41) is 22.3. The van der Waals surface area contributed by atoms with Gasteiger partial charge in [-0.05, 0) is 35.7 Å². The Balaban J connectivity index is 2.12. The van der Waals surface area contributed by atoms with Crippen LogP contribution >= 0.6 is 22.9 Å². The predicted molar refractivity (Wildman–Crippen MR) is 79.8 cm³/mol. The van der Waals surface area contributed by atoms with E-state index < -0.39 is 17.4 Å². The van der Waals surface area contributed by atoms with Crippen molar-refractivity contribution in [3.63, 3.8) is 0 Å². The number of hydrogen-bond donors (Lipinski definition) is 2. The second-order valence-corrected chi connectivity index (χ2v) is 5.41. The van der Waals surface area contributed by atoms with Crippen LogP contribution in [-0.2, 0) is 0 Å². The van der Waals surface area contributed by atoms with Gasteiger partial charge in [0.2, 0.25) is 0 Å². The van der Waals surface area contributed by atoms with Crippen LogP contribution in [0.15, 0.2) is 35.7 Å². The van der Waals surface area contributed by atoms with Crippen molar-refractivity contribution in [3.05, 3.63) is 46.6 Å². The lowest BCUT2D eigenvalue weighted by molar-refractivity contribution is 0.0687. The average Bonchev–Trinajstić information content (AvgIpc) is 2.95. The molecule has 2 N–H and O–H groups in total. The summed E-state index contributed by atoms with van der Waals surface area (Å²) in [7, 11) is 0. The molecule has 21 heavy (non-hydrogen) atoms. The molecule has 3 rings (SSSR count). The lowest BCUT2D eigenvalue weighted by atomic mass is 10.1. The molecule has 3 aromatic rings. The quantitative estimate of drug-likeness (QED) is 0.708. The number of carbonyl (C=O) groups is 1. The van der Waals surface area contributed by atoms with Crippen LogP contribution in [0.25, 0.3) is 10.8 Å². The molecule has 7 heteroatoms. The molecule has 106 valence electrons. The summed E-state index contributed by atoms with van der Waals surface area (Å²) < 4.78 is 5.63. The van der Waals surface area contributed by atoms with E-state index in [2.05, 4.69) is 4.98 Å². The van der Waals surface area contributed by atoms with E-state index in [4.69, 9.17) is 21.4 Å². The molecule has 0 saturated carbocycles. The van der Waals surface area contributed by atoms with E-state index in [0.717, 1.165) is 0 Å². The van der Waals surface area contributed by atoms with Crippen LogP contribution in [0.3, 0.4) is 0 Å². The summed E-state index contributed by atoms with van der Waals surface area (Å²) >= 11 is 7.43. The van der Waals surface area contributed by atoms with Crippen molar-refractivity contribution in [3.8, 4) is 16.6 Å². The molecule has 1 aromatic carbocycles. The Labute approximate surface area is 128 Å². The van der Waals surface area contributed by atoms with E-state index in [0.29, 0.717) is 21.6 Å². The molecule has 0 bridgehead atoms. The van der Waals surface area contributed by atoms with E-state index in [1.165, 1.54) is 11.3 Å². The third-order valence-corrected chi connectivity index (χ3v) is 3.85. The Kier molecular flexibility index (Phi) is 3.40. The Morgan fingerprint density at radius 2 is 2.10 bits per heavy atom. The molecule has 0 atom stereocenters. The van der Waals surface area contributed by atoms with Crippen molar-refractivity contribution >= 4 is 39.7 Å². The number of aromatic nitrogens is 1. The number of fused-ring (bicyclic) bond motifs is 1. The van der Waals surface area contributed by atoms with Gasteiger partial charge in [-0.3, -0.25) is 0 Å². The first-order valence-electron chi connectivity index (χ1n) is 5.83. The van der Waals surface area contributed by atoms with Crippen molar-refractivity contribution in [2.45, 2.75) is 0 Å². The fraction of sp³-hybridized carbons (Fsp3) is 0. The fourth-order valence-electron chi connectivity index (χ4n) is 1.89. The van der Waals surface area contributed by atoms with Crippen LogP contribution in [0, 0.1) is 0 Å². The van der Waals surface area contributed by atoms with Gasteiger partial charge in [0.05, 0.1) is 0 Å². The lowest BCUT2D eigenvalue weighted by Crippen LogP contribution is -2.01. The van der Waals surface area contributed by atoms with Crippen molar-refractivity contribution in [2.24, 2.45) is 0 Å². The minimum Gasteiger partial charge on any atom is -0.505 e. The molecule has 2 heterocycles. The number of carboxylic acid groups (broad SMARTS) is 1. The monoisotopic (exact) mass is 321 g/mol. The molecule has 0 fully saturated rings. The number of aromatic carboxylic acids is 1. The Morgan fingerprint density at radius 3 is 2.76 bits per heavy atom. The molecular formula is C14H8ClNO4S. The van der Waals surface area contributed by atoms with Gasteiger partial charge in [0, 0.05) is 10.8 Å². The minimum absolute atomic E-state index is 0.00294. The largest absolute Gasteiger partial charge is 0.505 e. The van der Waals surface area contributed by atoms with Crippen molar-refractivity contribution in [2.75, 3.05) is 0 Å². The molecular weight excluding hydrogens is 314 g/mol. The Hall–Kier alpha value is -2.31.